The van der Waals surface area contributed by atoms with E-state index in [0.717, 1.165) is 0 Å². The molecule has 138 valence electrons. The number of amides is 2. The Morgan fingerprint density at radius 2 is 2.04 bits per heavy atom. The number of carbonyl (C=O) groups excluding carboxylic acids is 2. The Morgan fingerprint density at radius 1 is 1.42 bits per heavy atom. The summed E-state index contributed by atoms with van der Waals surface area (Å²) in [4.78, 5) is 27.1. The van der Waals surface area contributed by atoms with E-state index in [2.05, 4.69) is 5.32 Å². The normalized spacial score (nSPS) is 28.4. The predicted molar refractivity (Wildman–Crippen MR) is 88.7 cm³/mol. The van der Waals surface area contributed by atoms with Crippen molar-refractivity contribution < 1.29 is 22.7 Å². The smallest absolute Gasteiger partial charge is 0.254 e. The van der Waals surface area contributed by atoms with Crippen LogP contribution in [0.1, 0.15) is 27.7 Å². The molecule has 0 bridgehead atoms. The summed E-state index contributed by atoms with van der Waals surface area (Å²) in [6, 6.07) is 0. The molecular formula is C15H27N3O5S. The van der Waals surface area contributed by atoms with E-state index >= 15 is 0 Å². The van der Waals surface area contributed by atoms with Crippen LogP contribution < -0.4 is 5.32 Å². The summed E-state index contributed by atoms with van der Waals surface area (Å²) in [5.74, 6) is -1.47. The molecule has 8 nitrogen and oxygen atoms in total. The molecule has 0 aliphatic carbocycles. The minimum Gasteiger partial charge on any atom is -0.361 e. The zero-order valence-electron chi connectivity index (χ0n) is 14.7. The molecule has 24 heavy (non-hydrogen) atoms. The fourth-order valence-electron chi connectivity index (χ4n) is 3.30. The van der Waals surface area contributed by atoms with Crippen molar-refractivity contribution in [3.8, 4) is 0 Å². The molecule has 0 aromatic rings. The first kappa shape index (κ1) is 19.1. The molecule has 0 saturated carbocycles. The predicted octanol–water partition coefficient (Wildman–Crippen LogP) is -0.590. The van der Waals surface area contributed by atoms with Gasteiger partial charge in [0.15, 0.2) is 5.60 Å². The summed E-state index contributed by atoms with van der Waals surface area (Å²) >= 11 is 0. The summed E-state index contributed by atoms with van der Waals surface area (Å²) < 4.78 is 32.1. The van der Waals surface area contributed by atoms with Crippen LogP contribution in [0.25, 0.3) is 0 Å². The number of hydrogen-bond donors (Lipinski definition) is 1. The molecule has 0 radical (unpaired) electrons. The van der Waals surface area contributed by atoms with Crippen molar-refractivity contribution in [2.45, 2.75) is 38.5 Å². The van der Waals surface area contributed by atoms with E-state index in [-0.39, 0.29) is 25.6 Å². The molecule has 2 fully saturated rings. The molecule has 2 atom stereocenters. The van der Waals surface area contributed by atoms with Crippen molar-refractivity contribution in [2.24, 2.45) is 5.92 Å². The summed E-state index contributed by atoms with van der Waals surface area (Å²) in [6.07, 6.45) is 0. The molecule has 2 amide bonds. The highest BCUT2D eigenvalue weighted by Crippen LogP contribution is 2.36. The third-order valence-corrected chi connectivity index (χ3v) is 7.01. The van der Waals surface area contributed by atoms with Crippen LogP contribution in [0.3, 0.4) is 0 Å². The lowest BCUT2D eigenvalue weighted by Crippen LogP contribution is -2.62. The van der Waals surface area contributed by atoms with Gasteiger partial charge in [-0.3, -0.25) is 9.59 Å². The van der Waals surface area contributed by atoms with Gasteiger partial charge in [-0.15, -0.1) is 0 Å². The Balaban J connectivity index is 2.41. The molecule has 2 rings (SSSR count). The maximum Gasteiger partial charge on any atom is 0.254 e. The van der Waals surface area contributed by atoms with Crippen LogP contribution in [0.5, 0.6) is 0 Å². The third kappa shape index (κ3) is 3.04. The van der Waals surface area contributed by atoms with E-state index < -0.39 is 32.7 Å². The average molecular weight is 361 g/mol. The maximum atomic E-state index is 12.9. The molecule has 2 heterocycles. The molecule has 2 saturated heterocycles. The second-order valence-electron chi connectivity index (χ2n) is 6.44. The fraction of sp³-hybridized carbons (Fsp3) is 0.867. The van der Waals surface area contributed by atoms with Gasteiger partial charge in [0.2, 0.25) is 15.9 Å². The largest absolute Gasteiger partial charge is 0.361 e. The Kier molecular flexibility index (Phi) is 5.56. The third-order valence-electron chi connectivity index (χ3n) is 4.82. The molecule has 0 aromatic heterocycles. The van der Waals surface area contributed by atoms with E-state index in [1.54, 1.807) is 18.7 Å². The Bertz CT molecular complexity index is 602. The Hall–Kier alpha value is -1.19. The van der Waals surface area contributed by atoms with Crippen LogP contribution >= 0.6 is 0 Å². The van der Waals surface area contributed by atoms with Crippen molar-refractivity contribution in [3.05, 3.63) is 0 Å². The standard InChI is InChI=1S/C15H27N3O5S/c1-5-17(6-2)13(19)12-9-18(24(21,22)11(3)4)10-15(12)14(20)16-7-8-23-15/h11-12H,5-10H2,1-4H3,(H,16,20)/t12-,15-/m1/s1. The van der Waals surface area contributed by atoms with Gasteiger partial charge < -0.3 is 15.0 Å². The van der Waals surface area contributed by atoms with Crippen molar-refractivity contribution in [1.82, 2.24) is 14.5 Å². The lowest BCUT2D eigenvalue weighted by Gasteiger charge is -2.37. The first-order valence-corrected chi connectivity index (χ1v) is 9.91. The second kappa shape index (κ2) is 6.97. The van der Waals surface area contributed by atoms with Gasteiger partial charge in [-0.25, -0.2) is 8.42 Å². The van der Waals surface area contributed by atoms with E-state index in [4.69, 9.17) is 4.74 Å². The van der Waals surface area contributed by atoms with Crippen LogP contribution in [-0.4, -0.2) is 79.6 Å². The van der Waals surface area contributed by atoms with Crippen LogP contribution in [0.15, 0.2) is 0 Å². The van der Waals surface area contributed by atoms with Gasteiger partial charge in [0.05, 0.1) is 24.3 Å². The molecular weight excluding hydrogens is 334 g/mol. The van der Waals surface area contributed by atoms with Gasteiger partial charge in [0.25, 0.3) is 5.91 Å². The number of sulfonamides is 1. The lowest BCUT2D eigenvalue weighted by molar-refractivity contribution is -0.166. The van der Waals surface area contributed by atoms with Gasteiger partial charge in [-0.1, -0.05) is 0 Å². The number of carbonyl (C=O) groups is 2. The fourth-order valence-corrected chi connectivity index (χ4v) is 4.63. The molecule has 2 aliphatic rings. The highest BCUT2D eigenvalue weighted by atomic mass is 32.2. The van der Waals surface area contributed by atoms with E-state index in [1.165, 1.54) is 4.31 Å². The molecule has 1 spiro atoms. The maximum absolute atomic E-state index is 12.9. The van der Waals surface area contributed by atoms with Crippen LogP contribution in [0.2, 0.25) is 0 Å². The van der Waals surface area contributed by atoms with Gasteiger partial charge in [0.1, 0.15) is 0 Å². The zero-order chi connectivity index (χ0) is 18.1. The molecule has 2 aliphatic heterocycles. The topological polar surface area (TPSA) is 96.0 Å². The van der Waals surface area contributed by atoms with Gasteiger partial charge in [0, 0.05) is 26.2 Å². The van der Waals surface area contributed by atoms with Crippen LogP contribution in [0.4, 0.5) is 0 Å². The highest BCUT2D eigenvalue weighted by molar-refractivity contribution is 7.89. The number of ether oxygens (including phenoxy) is 1. The summed E-state index contributed by atoms with van der Waals surface area (Å²) in [5, 5.41) is 2.10. The van der Waals surface area contributed by atoms with E-state index in [1.807, 2.05) is 13.8 Å². The first-order chi connectivity index (χ1) is 11.2. The Labute approximate surface area is 143 Å². The summed E-state index contributed by atoms with van der Waals surface area (Å²) in [6.45, 7) is 8.38. The molecule has 0 unspecified atom stereocenters. The van der Waals surface area contributed by atoms with Crippen molar-refractivity contribution in [1.29, 1.82) is 0 Å². The van der Waals surface area contributed by atoms with Crippen molar-refractivity contribution in [3.63, 3.8) is 0 Å². The zero-order valence-corrected chi connectivity index (χ0v) is 15.6. The number of nitrogens with zero attached hydrogens (tertiary/aromatic N) is 2. The minimum absolute atomic E-state index is 0.0245. The quantitative estimate of drug-likeness (QED) is 0.706. The van der Waals surface area contributed by atoms with Crippen molar-refractivity contribution >= 4 is 21.8 Å². The molecule has 9 heteroatoms. The highest BCUT2D eigenvalue weighted by Gasteiger charge is 2.60. The van der Waals surface area contributed by atoms with Crippen molar-refractivity contribution in [2.75, 3.05) is 39.3 Å². The molecule has 0 aromatic carbocycles. The number of rotatable bonds is 5. The Morgan fingerprint density at radius 3 is 2.54 bits per heavy atom. The number of hydrogen-bond acceptors (Lipinski definition) is 5. The number of morpholine rings is 1. The lowest BCUT2D eigenvalue weighted by atomic mass is 9.87. The minimum atomic E-state index is -3.58. The van der Waals surface area contributed by atoms with E-state index in [0.29, 0.717) is 19.6 Å². The van der Waals surface area contributed by atoms with Crippen LogP contribution in [0, 0.1) is 5.92 Å². The first-order valence-electron chi connectivity index (χ1n) is 8.40. The van der Waals surface area contributed by atoms with Crippen LogP contribution in [-0.2, 0) is 24.3 Å². The van der Waals surface area contributed by atoms with E-state index in [9.17, 15) is 18.0 Å². The summed E-state index contributed by atoms with van der Waals surface area (Å²) in [7, 11) is -3.58. The van der Waals surface area contributed by atoms with Gasteiger partial charge in [-0.2, -0.15) is 4.31 Å². The second-order valence-corrected chi connectivity index (χ2v) is 8.93. The summed E-state index contributed by atoms with van der Waals surface area (Å²) in [5.41, 5.74) is -1.43. The van der Waals surface area contributed by atoms with Gasteiger partial charge >= 0.3 is 0 Å². The van der Waals surface area contributed by atoms with Gasteiger partial charge in [-0.05, 0) is 27.7 Å². The monoisotopic (exact) mass is 361 g/mol. The SMILES string of the molecule is CCN(CC)C(=O)[C@H]1CN(S(=O)(=O)C(C)C)C[C@@]12OCCNC2=O. The molecule has 1 N–H and O–H groups in total. The average Bonchev–Trinajstić information content (AvgIpc) is 2.92. The number of nitrogens with one attached hydrogen (secondary N) is 1.